The van der Waals surface area contributed by atoms with E-state index < -0.39 is 5.54 Å². The Morgan fingerprint density at radius 2 is 1.90 bits per heavy atom. The van der Waals surface area contributed by atoms with Crippen molar-refractivity contribution >= 4 is 23.3 Å². The third kappa shape index (κ3) is 4.48. The van der Waals surface area contributed by atoms with Gasteiger partial charge in [-0.15, -0.1) is 11.3 Å². The molecule has 2 fully saturated rings. The molecule has 3 heterocycles. The molecule has 2 aliphatic heterocycles. The Morgan fingerprint density at radius 1 is 1.16 bits per heavy atom. The third-order valence-electron chi connectivity index (χ3n) is 6.79. The van der Waals surface area contributed by atoms with Crippen LogP contribution in [-0.4, -0.2) is 54.0 Å². The number of amides is 3. The Labute approximate surface area is 188 Å². The molecule has 7 heteroatoms. The number of urea groups is 1. The number of piperidine rings is 1. The predicted octanol–water partition coefficient (Wildman–Crippen LogP) is 3.91. The van der Waals surface area contributed by atoms with E-state index in [1.165, 1.54) is 9.78 Å². The first kappa shape index (κ1) is 21.8. The Balaban J connectivity index is 1.37. The molecular formula is C24H31N3O3S. The van der Waals surface area contributed by atoms with Crippen LogP contribution in [0.1, 0.15) is 36.6 Å². The van der Waals surface area contributed by atoms with Crippen LogP contribution in [0.15, 0.2) is 41.8 Å². The SMILES string of the molecule is CC[C@]1(C2CCN(Cc3cccs3)CC2)NC(=O)N(CCc2ccc(OC)cc2)C1=O. The van der Waals surface area contributed by atoms with Gasteiger partial charge in [-0.1, -0.05) is 25.1 Å². The largest absolute Gasteiger partial charge is 0.497 e. The van der Waals surface area contributed by atoms with Gasteiger partial charge >= 0.3 is 6.03 Å². The van der Waals surface area contributed by atoms with Gasteiger partial charge < -0.3 is 10.1 Å². The molecule has 0 unspecified atom stereocenters. The van der Waals surface area contributed by atoms with Gasteiger partial charge in [-0.05, 0) is 73.8 Å². The minimum atomic E-state index is -0.758. The quantitative estimate of drug-likeness (QED) is 0.631. The fourth-order valence-electron chi connectivity index (χ4n) is 4.89. The molecule has 0 saturated carbocycles. The van der Waals surface area contributed by atoms with E-state index in [4.69, 9.17) is 4.74 Å². The van der Waals surface area contributed by atoms with E-state index in [-0.39, 0.29) is 17.9 Å². The summed E-state index contributed by atoms with van der Waals surface area (Å²) < 4.78 is 5.20. The lowest BCUT2D eigenvalue weighted by Crippen LogP contribution is -2.55. The van der Waals surface area contributed by atoms with Crippen molar-refractivity contribution in [1.29, 1.82) is 0 Å². The summed E-state index contributed by atoms with van der Waals surface area (Å²) >= 11 is 1.79. The topological polar surface area (TPSA) is 61.9 Å². The zero-order valence-corrected chi connectivity index (χ0v) is 19.1. The molecular weight excluding hydrogens is 410 g/mol. The summed E-state index contributed by atoms with van der Waals surface area (Å²) in [5.41, 5.74) is 0.323. The highest BCUT2D eigenvalue weighted by atomic mass is 32.1. The van der Waals surface area contributed by atoms with Crippen molar-refractivity contribution in [1.82, 2.24) is 15.1 Å². The molecule has 1 atom stereocenters. The van der Waals surface area contributed by atoms with Crippen LogP contribution in [-0.2, 0) is 17.8 Å². The van der Waals surface area contributed by atoms with Crippen molar-refractivity contribution in [2.45, 2.75) is 44.7 Å². The molecule has 0 aliphatic carbocycles. The maximum absolute atomic E-state index is 13.4. The Bertz CT molecular complexity index is 891. The van der Waals surface area contributed by atoms with Gasteiger partial charge in [0, 0.05) is 18.0 Å². The monoisotopic (exact) mass is 441 g/mol. The van der Waals surface area contributed by atoms with E-state index in [1.54, 1.807) is 18.4 Å². The summed E-state index contributed by atoms with van der Waals surface area (Å²) in [6.45, 7) is 5.30. The van der Waals surface area contributed by atoms with Gasteiger partial charge in [-0.3, -0.25) is 14.6 Å². The molecule has 0 radical (unpaired) electrons. The second-order valence-corrected chi connectivity index (χ2v) is 9.47. The second-order valence-electron chi connectivity index (χ2n) is 8.44. The molecule has 31 heavy (non-hydrogen) atoms. The number of nitrogens with zero attached hydrogens (tertiary/aromatic N) is 2. The van der Waals surface area contributed by atoms with Gasteiger partial charge in [-0.2, -0.15) is 0 Å². The van der Waals surface area contributed by atoms with Crippen LogP contribution in [0.5, 0.6) is 5.75 Å². The molecule has 2 aromatic rings. The fourth-order valence-corrected chi connectivity index (χ4v) is 5.64. The highest BCUT2D eigenvalue weighted by molar-refractivity contribution is 7.09. The number of methoxy groups -OCH3 is 1. The van der Waals surface area contributed by atoms with Crippen molar-refractivity contribution < 1.29 is 14.3 Å². The zero-order chi connectivity index (χ0) is 21.8. The van der Waals surface area contributed by atoms with Crippen molar-refractivity contribution in [3.8, 4) is 5.75 Å². The number of carbonyl (C=O) groups is 2. The van der Waals surface area contributed by atoms with E-state index in [2.05, 4.69) is 27.7 Å². The molecule has 1 N–H and O–H groups in total. The molecule has 2 aliphatic rings. The number of likely N-dealkylation sites (tertiary alicyclic amines) is 1. The highest BCUT2D eigenvalue weighted by Crippen LogP contribution is 2.36. The number of hydrogen-bond acceptors (Lipinski definition) is 5. The first-order valence-corrected chi connectivity index (χ1v) is 12.0. The summed E-state index contributed by atoms with van der Waals surface area (Å²) in [5, 5.41) is 5.22. The molecule has 0 bridgehead atoms. The van der Waals surface area contributed by atoms with Crippen LogP contribution in [0.25, 0.3) is 0 Å². The number of nitrogens with one attached hydrogen (secondary N) is 1. The zero-order valence-electron chi connectivity index (χ0n) is 18.3. The highest BCUT2D eigenvalue weighted by Gasteiger charge is 2.54. The van der Waals surface area contributed by atoms with E-state index in [0.717, 1.165) is 43.8 Å². The van der Waals surface area contributed by atoms with Crippen LogP contribution in [0.3, 0.4) is 0 Å². The van der Waals surface area contributed by atoms with Gasteiger partial charge in [0.2, 0.25) is 0 Å². The molecule has 4 rings (SSSR count). The normalized spacial score (nSPS) is 22.7. The van der Waals surface area contributed by atoms with Crippen LogP contribution in [0, 0.1) is 5.92 Å². The lowest BCUT2D eigenvalue weighted by Gasteiger charge is -2.40. The van der Waals surface area contributed by atoms with E-state index in [9.17, 15) is 9.59 Å². The first-order valence-electron chi connectivity index (χ1n) is 11.1. The molecule has 1 aromatic heterocycles. The standard InChI is InChI=1S/C24H31N3O3S/c1-3-24(19-11-13-26(14-12-19)17-21-5-4-16-31-21)22(28)27(23(29)25-24)15-10-18-6-8-20(30-2)9-7-18/h4-9,16,19H,3,10-15,17H2,1-2H3,(H,25,29)/t24-/m1/s1. The minimum Gasteiger partial charge on any atom is -0.497 e. The maximum atomic E-state index is 13.4. The van der Waals surface area contributed by atoms with Crippen molar-refractivity contribution in [3.63, 3.8) is 0 Å². The number of imide groups is 1. The van der Waals surface area contributed by atoms with Crippen molar-refractivity contribution in [2.24, 2.45) is 5.92 Å². The average Bonchev–Trinajstić information content (AvgIpc) is 3.39. The number of benzene rings is 1. The number of rotatable bonds is 8. The fraction of sp³-hybridized carbons (Fsp3) is 0.500. The van der Waals surface area contributed by atoms with Crippen LogP contribution in [0.2, 0.25) is 0 Å². The van der Waals surface area contributed by atoms with E-state index in [1.807, 2.05) is 31.2 Å². The molecule has 3 amide bonds. The van der Waals surface area contributed by atoms with Gasteiger partial charge in [0.1, 0.15) is 11.3 Å². The summed E-state index contributed by atoms with van der Waals surface area (Å²) in [4.78, 5) is 31.5. The van der Waals surface area contributed by atoms with Crippen molar-refractivity contribution in [3.05, 3.63) is 52.2 Å². The molecule has 0 spiro atoms. The van der Waals surface area contributed by atoms with Gasteiger partial charge in [0.05, 0.1) is 7.11 Å². The number of ether oxygens (including phenoxy) is 1. The summed E-state index contributed by atoms with van der Waals surface area (Å²) in [6, 6.07) is 11.8. The van der Waals surface area contributed by atoms with Gasteiger partial charge in [0.25, 0.3) is 5.91 Å². The van der Waals surface area contributed by atoms with Crippen LogP contribution >= 0.6 is 11.3 Å². The molecule has 166 valence electrons. The maximum Gasteiger partial charge on any atom is 0.325 e. The minimum absolute atomic E-state index is 0.0507. The molecule has 1 aromatic carbocycles. The molecule has 6 nitrogen and oxygen atoms in total. The smallest absolute Gasteiger partial charge is 0.325 e. The molecule has 2 saturated heterocycles. The summed E-state index contributed by atoms with van der Waals surface area (Å²) in [6.07, 6.45) is 3.13. The predicted molar refractivity (Wildman–Crippen MR) is 122 cm³/mol. The first-order chi connectivity index (χ1) is 15.1. The van der Waals surface area contributed by atoms with E-state index in [0.29, 0.717) is 19.4 Å². The third-order valence-corrected chi connectivity index (χ3v) is 7.65. The van der Waals surface area contributed by atoms with Crippen molar-refractivity contribution in [2.75, 3.05) is 26.7 Å². The number of carbonyl (C=O) groups excluding carboxylic acids is 2. The van der Waals surface area contributed by atoms with Crippen LogP contribution < -0.4 is 10.1 Å². The van der Waals surface area contributed by atoms with Crippen LogP contribution in [0.4, 0.5) is 4.79 Å². The summed E-state index contributed by atoms with van der Waals surface area (Å²) in [7, 11) is 1.64. The lowest BCUT2D eigenvalue weighted by atomic mass is 9.75. The lowest BCUT2D eigenvalue weighted by molar-refractivity contribution is -0.134. The number of thiophene rings is 1. The second kappa shape index (κ2) is 9.40. The number of hydrogen-bond donors (Lipinski definition) is 1. The van der Waals surface area contributed by atoms with Gasteiger partial charge in [0.15, 0.2) is 0 Å². The van der Waals surface area contributed by atoms with Gasteiger partial charge in [-0.25, -0.2) is 4.79 Å². The average molecular weight is 442 g/mol. The summed E-state index contributed by atoms with van der Waals surface area (Å²) in [5.74, 6) is 0.930. The van der Waals surface area contributed by atoms with E-state index >= 15 is 0 Å². The Kier molecular flexibility index (Phi) is 6.62. The Hall–Kier alpha value is -2.38. The Morgan fingerprint density at radius 3 is 2.52 bits per heavy atom.